The number of ether oxygens (including phenoxy) is 1. The van der Waals surface area contributed by atoms with Gasteiger partial charge in [0.05, 0.1) is 12.1 Å². The van der Waals surface area contributed by atoms with E-state index in [0.29, 0.717) is 12.4 Å². The first kappa shape index (κ1) is 7.98. The normalized spacial score (nSPS) is 10.5. The molecule has 0 amide bonds. The van der Waals surface area contributed by atoms with Crippen molar-refractivity contribution >= 4 is 16.7 Å². The topological polar surface area (TPSA) is 51.0 Å². The van der Waals surface area contributed by atoms with E-state index in [9.17, 15) is 0 Å². The Hall–Kier alpha value is -1.64. The van der Waals surface area contributed by atoms with Crippen LogP contribution in [-0.2, 0) is 0 Å². The van der Waals surface area contributed by atoms with Crippen LogP contribution in [0.4, 0.5) is 5.82 Å². The van der Waals surface area contributed by atoms with E-state index in [2.05, 4.69) is 4.98 Å². The molecule has 68 valence electrons. The molecule has 3 nitrogen and oxygen atoms in total. The highest BCUT2D eigenvalue weighted by Gasteiger charge is 2.08. The van der Waals surface area contributed by atoms with Crippen LogP contribution in [0.25, 0.3) is 10.9 Å². The summed E-state index contributed by atoms with van der Waals surface area (Å²) in [6.45, 7) is 2.58. The Kier molecular flexibility index (Phi) is 1.85. The Morgan fingerprint density at radius 2 is 2.15 bits per heavy atom. The van der Waals surface area contributed by atoms with Crippen molar-refractivity contribution in [3.8, 4) is 5.75 Å². The predicted molar refractivity (Wildman–Crippen MR) is 53.9 cm³/mol. The van der Waals surface area contributed by atoms with Gasteiger partial charge in [0.15, 0.2) is 5.75 Å². The van der Waals surface area contributed by atoms with Crippen molar-refractivity contribution < 1.29 is 4.74 Å². The highest BCUT2D eigenvalue weighted by Crippen LogP contribution is 2.31. The van der Waals surface area contributed by atoms with Crippen molar-refractivity contribution in [1.29, 1.82) is 0 Å². The van der Waals surface area contributed by atoms with E-state index in [1.54, 1.807) is 0 Å². The van der Waals surface area contributed by atoms with Crippen molar-refractivity contribution in [2.45, 2.75) is 6.92 Å². The predicted octanol–water partition coefficient (Wildman–Crippen LogP) is 2.15. The maximum atomic E-state index is 5.76. The van der Waals surface area contributed by atoms with Crippen molar-refractivity contribution in [2.24, 2.45) is 0 Å². The monoisotopic (exact) mass is 176 g/mol. The summed E-state index contributed by atoms with van der Waals surface area (Å²) in [4.78, 5) is 3.06. The maximum absolute atomic E-state index is 5.76. The van der Waals surface area contributed by atoms with Crippen molar-refractivity contribution in [1.82, 2.24) is 4.98 Å². The summed E-state index contributed by atoms with van der Waals surface area (Å²) in [6.07, 6.45) is 0. The Balaban J connectivity index is 2.64. The lowest BCUT2D eigenvalue weighted by Crippen LogP contribution is -1.94. The number of H-pyrrole nitrogens is 1. The fourth-order valence-corrected chi connectivity index (χ4v) is 1.44. The Morgan fingerprint density at radius 3 is 2.92 bits per heavy atom. The van der Waals surface area contributed by atoms with E-state index in [-0.39, 0.29) is 0 Å². The van der Waals surface area contributed by atoms with E-state index >= 15 is 0 Å². The van der Waals surface area contributed by atoms with E-state index in [1.165, 1.54) is 0 Å². The van der Waals surface area contributed by atoms with Gasteiger partial charge in [-0.05, 0) is 19.1 Å². The maximum Gasteiger partial charge on any atom is 0.168 e. The zero-order chi connectivity index (χ0) is 9.26. The molecule has 0 radical (unpaired) electrons. The minimum absolute atomic E-state index is 0.600. The molecule has 1 aromatic carbocycles. The average Bonchev–Trinajstić information content (AvgIpc) is 2.44. The third kappa shape index (κ3) is 1.22. The van der Waals surface area contributed by atoms with Gasteiger partial charge in [0.1, 0.15) is 5.82 Å². The second-order valence-electron chi connectivity index (χ2n) is 2.85. The van der Waals surface area contributed by atoms with Crippen LogP contribution in [0, 0.1) is 0 Å². The summed E-state index contributed by atoms with van der Waals surface area (Å²) in [5, 5.41) is 1.04. The number of anilines is 1. The van der Waals surface area contributed by atoms with Gasteiger partial charge in [-0.2, -0.15) is 0 Å². The molecule has 3 N–H and O–H groups in total. The lowest BCUT2D eigenvalue weighted by atomic mass is 10.2. The van der Waals surface area contributed by atoms with Gasteiger partial charge in [0.2, 0.25) is 0 Å². The number of nitrogens with two attached hydrogens (primary N) is 1. The molecule has 13 heavy (non-hydrogen) atoms. The van der Waals surface area contributed by atoms with Gasteiger partial charge in [-0.3, -0.25) is 0 Å². The summed E-state index contributed by atoms with van der Waals surface area (Å²) < 4.78 is 5.43. The molecule has 0 aliphatic heterocycles. The van der Waals surface area contributed by atoms with Gasteiger partial charge in [0.25, 0.3) is 0 Å². The number of hydrogen-bond acceptors (Lipinski definition) is 2. The third-order valence-electron chi connectivity index (χ3n) is 1.97. The van der Waals surface area contributed by atoms with Gasteiger partial charge in [-0.1, -0.05) is 12.1 Å². The van der Waals surface area contributed by atoms with Crippen molar-refractivity contribution in [3.05, 3.63) is 24.3 Å². The minimum Gasteiger partial charge on any atom is -0.489 e. The first-order valence-electron chi connectivity index (χ1n) is 4.32. The Bertz CT molecular complexity index is 420. The highest BCUT2D eigenvalue weighted by molar-refractivity contribution is 5.91. The fourth-order valence-electron chi connectivity index (χ4n) is 1.44. The molecule has 0 bridgehead atoms. The number of nitrogen functional groups attached to an aromatic ring is 1. The van der Waals surface area contributed by atoms with Crippen LogP contribution in [0.3, 0.4) is 0 Å². The number of aromatic nitrogens is 1. The summed E-state index contributed by atoms with van der Waals surface area (Å²) in [6, 6.07) is 7.91. The van der Waals surface area contributed by atoms with E-state index < -0.39 is 0 Å². The van der Waals surface area contributed by atoms with E-state index in [4.69, 9.17) is 10.5 Å². The molecule has 3 heteroatoms. The quantitative estimate of drug-likeness (QED) is 0.736. The second-order valence-corrected chi connectivity index (χ2v) is 2.85. The smallest absolute Gasteiger partial charge is 0.168 e. The number of rotatable bonds is 2. The van der Waals surface area contributed by atoms with Gasteiger partial charge in [-0.15, -0.1) is 0 Å². The molecular weight excluding hydrogens is 164 g/mol. The van der Waals surface area contributed by atoms with Gasteiger partial charge in [0, 0.05) is 5.39 Å². The Labute approximate surface area is 76.5 Å². The number of fused-ring (bicyclic) bond motifs is 1. The van der Waals surface area contributed by atoms with Crippen LogP contribution in [0.2, 0.25) is 0 Å². The molecule has 1 heterocycles. The number of hydrogen-bond donors (Lipinski definition) is 2. The first-order chi connectivity index (χ1) is 6.33. The van der Waals surface area contributed by atoms with Crippen molar-refractivity contribution in [3.63, 3.8) is 0 Å². The summed E-state index contributed by atoms with van der Waals surface area (Å²) in [7, 11) is 0. The summed E-state index contributed by atoms with van der Waals surface area (Å²) >= 11 is 0. The molecule has 0 aliphatic rings. The van der Waals surface area contributed by atoms with Crippen LogP contribution in [0.5, 0.6) is 5.75 Å². The second kappa shape index (κ2) is 3.01. The van der Waals surface area contributed by atoms with E-state index in [1.807, 2.05) is 31.2 Å². The molecule has 0 fully saturated rings. The van der Waals surface area contributed by atoms with Crippen LogP contribution in [0.15, 0.2) is 24.3 Å². The SMILES string of the molecule is CCOc1c(N)[nH]c2ccccc12. The Morgan fingerprint density at radius 1 is 1.38 bits per heavy atom. The molecule has 0 unspecified atom stereocenters. The van der Waals surface area contributed by atoms with Crippen molar-refractivity contribution in [2.75, 3.05) is 12.3 Å². The van der Waals surface area contributed by atoms with Gasteiger partial charge < -0.3 is 15.5 Å². The van der Waals surface area contributed by atoms with Crippen LogP contribution < -0.4 is 10.5 Å². The largest absolute Gasteiger partial charge is 0.489 e. The standard InChI is InChI=1S/C10H12N2O/c1-2-13-9-7-5-3-4-6-8(7)12-10(9)11/h3-6,12H,2,11H2,1H3. The van der Waals surface area contributed by atoms with Crippen LogP contribution in [-0.4, -0.2) is 11.6 Å². The lowest BCUT2D eigenvalue weighted by Gasteiger charge is -2.00. The molecule has 0 atom stereocenters. The minimum atomic E-state index is 0.600. The van der Waals surface area contributed by atoms with E-state index in [0.717, 1.165) is 16.7 Å². The molecule has 0 saturated heterocycles. The molecule has 0 spiro atoms. The number of aromatic amines is 1. The molecule has 0 aliphatic carbocycles. The number of nitrogens with one attached hydrogen (secondary N) is 1. The summed E-state index contributed by atoms with van der Waals surface area (Å²) in [5.74, 6) is 1.36. The summed E-state index contributed by atoms with van der Waals surface area (Å²) in [5.41, 5.74) is 6.78. The first-order valence-corrected chi connectivity index (χ1v) is 4.32. The number of benzene rings is 1. The van der Waals surface area contributed by atoms with Crippen LogP contribution >= 0.6 is 0 Å². The highest BCUT2D eigenvalue weighted by atomic mass is 16.5. The average molecular weight is 176 g/mol. The van der Waals surface area contributed by atoms with Crippen LogP contribution in [0.1, 0.15) is 6.92 Å². The van der Waals surface area contributed by atoms with Gasteiger partial charge >= 0.3 is 0 Å². The lowest BCUT2D eigenvalue weighted by molar-refractivity contribution is 0.346. The zero-order valence-corrected chi connectivity index (χ0v) is 7.50. The third-order valence-corrected chi connectivity index (χ3v) is 1.97. The number of para-hydroxylation sites is 1. The van der Waals surface area contributed by atoms with Gasteiger partial charge in [-0.25, -0.2) is 0 Å². The molecule has 2 rings (SSSR count). The molecule has 1 aromatic heterocycles. The fraction of sp³-hybridized carbons (Fsp3) is 0.200. The zero-order valence-electron chi connectivity index (χ0n) is 7.50. The molecular formula is C10H12N2O. The molecule has 2 aromatic rings. The molecule has 0 saturated carbocycles.